The lowest BCUT2D eigenvalue weighted by molar-refractivity contribution is 0.134. The Morgan fingerprint density at radius 3 is 2.68 bits per heavy atom. The molecule has 1 heterocycles. The lowest BCUT2D eigenvalue weighted by atomic mass is 10.0. The fourth-order valence-corrected chi connectivity index (χ4v) is 2.50. The predicted molar refractivity (Wildman–Crippen MR) is 85.3 cm³/mol. The minimum atomic E-state index is -1.36. The first-order valence-corrected chi connectivity index (χ1v) is 7.02. The second kappa shape index (κ2) is 6.03. The van der Waals surface area contributed by atoms with Gasteiger partial charge in [0.2, 0.25) is 0 Å². The number of rotatable bonds is 2. The van der Waals surface area contributed by atoms with E-state index in [4.69, 9.17) is 21.4 Å². The predicted octanol–water partition coefficient (Wildman–Crippen LogP) is 4.55. The van der Waals surface area contributed by atoms with Gasteiger partial charge in [-0.1, -0.05) is 41.9 Å². The van der Waals surface area contributed by atoms with E-state index in [0.29, 0.717) is 10.6 Å². The molecule has 4 nitrogen and oxygen atoms in total. The van der Waals surface area contributed by atoms with E-state index < -0.39 is 6.16 Å². The van der Waals surface area contributed by atoms with Gasteiger partial charge in [0.25, 0.3) is 0 Å². The first-order valence-electron chi connectivity index (χ1n) is 6.64. The van der Waals surface area contributed by atoms with Crippen LogP contribution >= 0.6 is 11.6 Å². The average molecular weight is 314 g/mol. The van der Waals surface area contributed by atoms with Crippen LogP contribution in [0.3, 0.4) is 0 Å². The minimum Gasteiger partial charge on any atom is -0.449 e. The van der Waals surface area contributed by atoms with Crippen molar-refractivity contribution in [3.05, 3.63) is 76.3 Å². The molecule has 2 aromatic carbocycles. The zero-order valence-electron chi connectivity index (χ0n) is 11.4. The van der Waals surface area contributed by atoms with E-state index in [1.165, 1.54) is 0 Å². The summed E-state index contributed by atoms with van der Waals surface area (Å²) in [6.07, 6.45) is 2.02. The highest BCUT2D eigenvalue weighted by Crippen LogP contribution is 2.31. The van der Waals surface area contributed by atoms with E-state index in [-0.39, 0.29) is 11.8 Å². The van der Waals surface area contributed by atoms with Crippen molar-refractivity contribution in [3.8, 4) is 0 Å². The summed E-state index contributed by atoms with van der Waals surface area (Å²) in [5, 5.41) is 9.52. The van der Waals surface area contributed by atoms with Gasteiger partial charge < -0.3 is 9.84 Å². The SMILES string of the molecule is O=C(O)OC1=CC(c2ccccc2)N=Cc2cc(Cl)ccc21. The van der Waals surface area contributed by atoms with Crippen molar-refractivity contribution >= 4 is 29.7 Å². The zero-order valence-corrected chi connectivity index (χ0v) is 12.2. The monoisotopic (exact) mass is 313 g/mol. The van der Waals surface area contributed by atoms with Crippen LogP contribution in [0.5, 0.6) is 0 Å². The number of fused-ring (bicyclic) bond motifs is 1. The van der Waals surface area contributed by atoms with Crippen LogP contribution < -0.4 is 0 Å². The third kappa shape index (κ3) is 3.02. The van der Waals surface area contributed by atoms with Gasteiger partial charge in [0.15, 0.2) is 0 Å². The fraction of sp³-hybridized carbons (Fsp3) is 0.0588. The summed E-state index contributed by atoms with van der Waals surface area (Å²) < 4.78 is 4.94. The maximum absolute atomic E-state index is 11.0. The van der Waals surface area contributed by atoms with Crippen molar-refractivity contribution in [1.82, 2.24) is 0 Å². The standard InChI is InChI=1S/C17H12ClNO3/c18-13-6-7-14-12(8-13)10-19-15(9-16(14)22-17(20)21)11-4-2-1-3-5-11/h1-10,15H,(H,20,21). The Labute approximate surface area is 132 Å². The highest BCUT2D eigenvalue weighted by molar-refractivity contribution is 6.31. The summed E-state index contributed by atoms with van der Waals surface area (Å²) in [5.74, 6) is 0.255. The smallest absolute Gasteiger partial charge is 0.449 e. The zero-order chi connectivity index (χ0) is 15.5. The molecular weight excluding hydrogens is 302 g/mol. The van der Waals surface area contributed by atoms with Crippen LogP contribution in [0.1, 0.15) is 22.7 Å². The highest BCUT2D eigenvalue weighted by atomic mass is 35.5. The number of hydrogen-bond acceptors (Lipinski definition) is 3. The number of carbonyl (C=O) groups is 1. The molecule has 110 valence electrons. The summed E-state index contributed by atoms with van der Waals surface area (Å²) in [4.78, 5) is 15.5. The van der Waals surface area contributed by atoms with Gasteiger partial charge in [-0.15, -0.1) is 0 Å². The Morgan fingerprint density at radius 2 is 1.95 bits per heavy atom. The molecule has 0 radical (unpaired) electrons. The molecule has 22 heavy (non-hydrogen) atoms. The van der Waals surface area contributed by atoms with Crippen molar-refractivity contribution in [2.45, 2.75) is 6.04 Å². The largest absolute Gasteiger partial charge is 0.511 e. The van der Waals surface area contributed by atoms with Gasteiger partial charge in [-0.2, -0.15) is 0 Å². The van der Waals surface area contributed by atoms with Crippen LogP contribution in [-0.4, -0.2) is 17.5 Å². The van der Waals surface area contributed by atoms with Crippen LogP contribution in [0.4, 0.5) is 4.79 Å². The molecule has 1 N–H and O–H groups in total. The van der Waals surface area contributed by atoms with E-state index in [2.05, 4.69) is 4.99 Å². The van der Waals surface area contributed by atoms with Crippen molar-refractivity contribution in [3.63, 3.8) is 0 Å². The Kier molecular flexibility index (Phi) is 3.94. The Morgan fingerprint density at radius 1 is 1.18 bits per heavy atom. The number of carboxylic acid groups (broad SMARTS) is 1. The maximum atomic E-state index is 11.0. The third-order valence-electron chi connectivity index (χ3n) is 3.30. The van der Waals surface area contributed by atoms with Gasteiger partial charge in [0.05, 0.1) is 6.04 Å². The topological polar surface area (TPSA) is 58.9 Å². The molecule has 2 aromatic rings. The van der Waals surface area contributed by atoms with Crippen molar-refractivity contribution in [2.75, 3.05) is 0 Å². The fourth-order valence-electron chi connectivity index (χ4n) is 2.32. The van der Waals surface area contributed by atoms with Crippen LogP contribution in [0, 0.1) is 0 Å². The number of hydrogen-bond donors (Lipinski definition) is 1. The maximum Gasteiger partial charge on any atom is 0.511 e. The summed E-state index contributed by atoms with van der Waals surface area (Å²) in [7, 11) is 0. The molecule has 0 saturated heterocycles. The molecule has 3 rings (SSSR count). The van der Waals surface area contributed by atoms with E-state index >= 15 is 0 Å². The first kappa shape index (κ1) is 14.4. The average Bonchev–Trinajstić information content (AvgIpc) is 2.67. The minimum absolute atomic E-state index is 0.255. The summed E-state index contributed by atoms with van der Waals surface area (Å²) in [6, 6.07) is 14.4. The lowest BCUT2D eigenvalue weighted by Gasteiger charge is -2.10. The molecule has 1 aliphatic heterocycles. The molecular formula is C17H12ClNO3. The molecule has 1 unspecified atom stereocenters. The number of halogens is 1. The highest BCUT2D eigenvalue weighted by Gasteiger charge is 2.19. The van der Waals surface area contributed by atoms with Crippen LogP contribution in [-0.2, 0) is 4.74 Å². The summed E-state index contributed by atoms with van der Waals surface area (Å²) in [5.41, 5.74) is 2.32. The van der Waals surface area contributed by atoms with Crippen LogP contribution in [0.2, 0.25) is 5.02 Å². The van der Waals surface area contributed by atoms with E-state index in [1.807, 2.05) is 30.3 Å². The molecule has 1 atom stereocenters. The Bertz CT molecular complexity index is 769. The summed E-state index contributed by atoms with van der Waals surface area (Å²) in [6.45, 7) is 0. The quantitative estimate of drug-likeness (QED) is 0.827. The lowest BCUT2D eigenvalue weighted by Crippen LogP contribution is -2.02. The number of nitrogens with zero attached hydrogens (tertiary/aromatic N) is 1. The second-order valence-corrected chi connectivity index (χ2v) is 5.20. The van der Waals surface area contributed by atoms with Gasteiger partial charge in [-0.05, 0) is 29.8 Å². The second-order valence-electron chi connectivity index (χ2n) is 4.76. The van der Waals surface area contributed by atoms with Gasteiger partial charge in [0, 0.05) is 22.4 Å². The van der Waals surface area contributed by atoms with Gasteiger partial charge in [-0.3, -0.25) is 4.99 Å². The van der Waals surface area contributed by atoms with Crippen molar-refractivity contribution in [1.29, 1.82) is 0 Å². The molecule has 0 saturated carbocycles. The van der Waals surface area contributed by atoms with Gasteiger partial charge in [0.1, 0.15) is 5.76 Å². The number of ether oxygens (including phenoxy) is 1. The molecule has 0 fully saturated rings. The third-order valence-corrected chi connectivity index (χ3v) is 3.54. The number of benzene rings is 2. The molecule has 0 spiro atoms. The van der Waals surface area contributed by atoms with Crippen LogP contribution in [0.15, 0.2) is 59.6 Å². The molecule has 0 bridgehead atoms. The molecule has 0 amide bonds. The van der Waals surface area contributed by atoms with Crippen molar-refractivity contribution < 1.29 is 14.6 Å². The normalized spacial score (nSPS) is 16.4. The molecule has 0 aliphatic carbocycles. The van der Waals surface area contributed by atoms with Crippen LogP contribution in [0.25, 0.3) is 5.76 Å². The Balaban J connectivity index is 2.10. The number of aliphatic imine (C=N–C) groups is 1. The van der Waals surface area contributed by atoms with E-state index in [9.17, 15) is 4.79 Å². The van der Waals surface area contributed by atoms with E-state index in [1.54, 1.807) is 30.5 Å². The first-order chi connectivity index (χ1) is 10.6. The molecule has 0 aromatic heterocycles. The van der Waals surface area contributed by atoms with E-state index in [0.717, 1.165) is 11.1 Å². The Hall–Kier alpha value is -2.59. The molecule has 5 heteroatoms. The summed E-state index contributed by atoms with van der Waals surface area (Å²) >= 11 is 6.00. The van der Waals surface area contributed by atoms with Gasteiger partial charge in [-0.25, -0.2) is 4.79 Å². The van der Waals surface area contributed by atoms with Crippen molar-refractivity contribution in [2.24, 2.45) is 4.99 Å². The molecule has 1 aliphatic rings. The van der Waals surface area contributed by atoms with Gasteiger partial charge >= 0.3 is 6.16 Å².